The molecule has 0 aromatic carbocycles. The first-order valence-corrected chi connectivity index (χ1v) is 24.0. The van der Waals surface area contributed by atoms with Gasteiger partial charge in [0.05, 0.1) is 24.7 Å². The van der Waals surface area contributed by atoms with Crippen LogP contribution in [0.1, 0.15) is 99.3 Å². The summed E-state index contributed by atoms with van der Waals surface area (Å²) >= 11 is 0. The number of ether oxygens (including phenoxy) is 7. The number of carbonyl (C=O) groups excluding carboxylic acids is 2. The van der Waals surface area contributed by atoms with Crippen LogP contribution < -0.4 is 0 Å². The van der Waals surface area contributed by atoms with Gasteiger partial charge in [0.1, 0.15) is 73.2 Å². The molecule has 4 saturated carbocycles. The zero-order valence-corrected chi connectivity index (χ0v) is 39.0. The third kappa shape index (κ3) is 7.85. The molecule has 0 unspecified atom stereocenters. The molecule has 4 heterocycles. The van der Waals surface area contributed by atoms with Crippen molar-refractivity contribution < 1.29 is 88.7 Å². The van der Waals surface area contributed by atoms with E-state index in [1.807, 2.05) is 6.92 Å². The lowest BCUT2D eigenvalue weighted by Crippen LogP contribution is -2.68. The van der Waals surface area contributed by atoms with Crippen LogP contribution in [-0.4, -0.2) is 169 Å². The standard InChI is InChI=1S/C48H74O18/c1-20(2)23-9-14-48(16-15-46(7)25(30(23)48)17-26-40-45(6,12-11-29(50)62-26)24(21(3)4)10-13-47(40,46)8)44(59)66-43-37(57)34(54)32(52)28(64-43)19-60-41-38(58)35(55)39(27(18-49)63-41)65-42-36(56)33(53)31(51)22(5)61-42/h22-28,30-43,49,51-58H,1,3,9-19H2,2,4-8H3/t22-,23-,24-,25+,26+,27+,28+,30-,31-,32+,33+,34-,35+,36+,37+,38+,39+,40+,41+,42-,43-,45-,46+,47+,48-/m0/s1. The molecular formula is C48H74O18. The van der Waals surface area contributed by atoms with E-state index in [1.165, 1.54) is 6.92 Å². The number of carbonyl (C=O) groups is 2. The van der Waals surface area contributed by atoms with E-state index in [0.29, 0.717) is 38.5 Å². The fourth-order valence-electron chi connectivity index (χ4n) is 15.0. The second kappa shape index (κ2) is 18.2. The first-order valence-electron chi connectivity index (χ1n) is 24.0. The average molecular weight is 939 g/mol. The number of aliphatic hydroxyl groups is 9. The summed E-state index contributed by atoms with van der Waals surface area (Å²) in [4.78, 5) is 28.4. The Kier molecular flexibility index (Phi) is 13.9. The van der Waals surface area contributed by atoms with Crippen molar-refractivity contribution in [3.63, 3.8) is 0 Å². The van der Waals surface area contributed by atoms with Gasteiger partial charge in [0.2, 0.25) is 6.29 Å². The zero-order chi connectivity index (χ0) is 48.2. The van der Waals surface area contributed by atoms with Gasteiger partial charge >= 0.3 is 11.9 Å². The van der Waals surface area contributed by atoms with Gasteiger partial charge in [0, 0.05) is 12.3 Å². The number of rotatable bonds is 10. The maximum Gasteiger partial charge on any atom is 0.314 e. The molecule has 0 radical (unpaired) electrons. The zero-order valence-electron chi connectivity index (χ0n) is 39.0. The van der Waals surface area contributed by atoms with Crippen LogP contribution in [0.4, 0.5) is 0 Å². The Hall–Kier alpha value is -2.14. The van der Waals surface area contributed by atoms with E-state index in [1.54, 1.807) is 0 Å². The summed E-state index contributed by atoms with van der Waals surface area (Å²) in [6, 6.07) is 0. The lowest BCUT2D eigenvalue weighted by Gasteiger charge is -2.71. The molecule has 4 aliphatic carbocycles. The van der Waals surface area contributed by atoms with Crippen molar-refractivity contribution in [2.45, 2.75) is 198 Å². The number of esters is 2. The van der Waals surface area contributed by atoms with E-state index in [4.69, 9.17) is 33.2 Å². The molecular weight excluding hydrogens is 865 g/mol. The van der Waals surface area contributed by atoms with Gasteiger partial charge in [0.15, 0.2) is 12.6 Å². The Balaban J connectivity index is 0.991. The molecule has 9 N–H and O–H groups in total. The van der Waals surface area contributed by atoms with Gasteiger partial charge < -0.3 is 79.1 Å². The van der Waals surface area contributed by atoms with Crippen LogP contribution in [0.2, 0.25) is 0 Å². The van der Waals surface area contributed by atoms with Crippen LogP contribution in [0.15, 0.2) is 24.3 Å². The van der Waals surface area contributed by atoms with Crippen molar-refractivity contribution in [2.24, 2.45) is 51.2 Å². The summed E-state index contributed by atoms with van der Waals surface area (Å²) in [5.41, 5.74) is 0.334. The molecule has 4 saturated heterocycles. The Labute approximate surface area is 386 Å². The summed E-state index contributed by atoms with van der Waals surface area (Å²) in [5.74, 6) is -0.852. The molecule has 8 rings (SSSR count). The summed E-state index contributed by atoms with van der Waals surface area (Å²) < 4.78 is 41.2. The van der Waals surface area contributed by atoms with Crippen LogP contribution in [-0.2, 0) is 42.7 Å². The molecule has 0 spiro atoms. The van der Waals surface area contributed by atoms with E-state index in [9.17, 15) is 50.8 Å². The Morgan fingerprint density at radius 3 is 2.05 bits per heavy atom. The Bertz CT molecular complexity index is 1850. The van der Waals surface area contributed by atoms with Crippen LogP contribution >= 0.6 is 0 Å². The lowest BCUT2D eigenvalue weighted by atomic mass is 9.33. The Morgan fingerprint density at radius 1 is 0.727 bits per heavy atom. The van der Waals surface area contributed by atoms with Crippen LogP contribution in [0.3, 0.4) is 0 Å². The van der Waals surface area contributed by atoms with Crippen molar-refractivity contribution in [3.05, 3.63) is 24.3 Å². The highest BCUT2D eigenvalue weighted by Crippen LogP contribution is 2.77. The first-order chi connectivity index (χ1) is 30.9. The molecule has 18 nitrogen and oxygen atoms in total. The highest BCUT2D eigenvalue weighted by Gasteiger charge is 2.74. The summed E-state index contributed by atoms with van der Waals surface area (Å²) in [7, 11) is 0. The molecule has 18 heteroatoms. The van der Waals surface area contributed by atoms with E-state index in [2.05, 4.69) is 40.9 Å². The van der Waals surface area contributed by atoms with Gasteiger partial charge in [-0.05, 0) is 112 Å². The van der Waals surface area contributed by atoms with Crippen molar-refractivity contribution in [1.29, 1.82) is 0 Å². The van der Waals surface area contributed by atoms with Gasteiger partial charge in [-0.1, -0.05) is 45.1 Å². The molecule has 25 atom stereocenters. The maximum absolute atomic E-state index is 15.0. The molecule has 0 bridgehead atoms. The molecule has 0 aromatic heterocycles. The van der Waals surface area contributed by atoms with Crippen molar-refractivity contribution in [3.8, 4) is 0 Å². The van der Waals surface area contributed by atoms with Gasteiger partial charge in [-0.3, -0.25) is 9.59 Å². The topological polar surface area (TPSA) is 281 Å². The van der Waals surface area contributed by atoms with E-state index in [0.717, 1.165) is 30.4 Å². The predicted molar refractivity (Wildman–Crippen MR) is 229 cm³/mol. The third-order valence-electron chi connectivity index (χ3n) is 18.6. The second-order valence-electron chi connectivity index (χ2n) is 22.0. The molecule has 4 aliphatic heterocycles. The van der Waals surface area contributed by atoms with Crippen LogP contribution in [0.25, 0.3) is 0 Å². The first kappa shape index (κ1) is 50.3. The lowest BCUT2D eigenvalue weighted by molar-refractivity contribution is -0.361. The van der Waals surface area contributed by atoms with Crippen molar-refractivity contribution in [2.75, 3.05) is 13.2 Å². The smallest absolute Gasteiger partial charge is 0.314 e. The van der Waals surface area contributed by atoms with E-state index >= 15 is 4.79 Å². The van der Waals surface area contributed by atoms with Gasteiger partial charge in [-0.2, -0.15) is 0 Å². The van der Waals surface area contributed by atoms with Crippen molar-refractivity contribution in [1.82, 2.24) is 0 Å². The molecule has 66 heavy (non-hydrogen) atoms. The van der Waals surface area contributed by atoms with Gasteiger partial charge in [0.25, 0.3) is 0 Å². The van der Waals surface area contributed by atoms with E-state index < -0.39 is 117 Å². The normalized spacial score (nSPS) is 53.6. The second-order valence-corrected chi connectivity index (χ2v) is 22.0. The molecule has 374 valence electrons. The fraction of sp³-hybridized carbons (Fsp3) is 0.875. The van der Waals surface area contributed by atoms with E-state index in [-0.39, 0.29) is 57.9 Å². The average Bonchev–Trinajstić information content (AvgIpc) is 3.62. The predicted octanol–water partition coefficient (Wildman–Crippen LogP) is 0.735. The number of hydrogen-bond donors (Lipinski definition) is 9. The minimum absolute atomic E-state index is 0.0546. The molecule has 8 aliphatic rings. The number of fused-ring (bicyclic) bond motifs is 4. The molecule has 0 aromatic rings. The molecule has 8 fully saturated rings. The van der Waals surface area contributed by atoms with Crippen LogP contribution in [0, 0.1) is 51.2 Å². The number of hydrogen-bond acceptors (Lipinski definition) is 18. The highest BCUT2D eigenvalue weighted by molar-refractivity contribution is 5.78. The monoisotopic (exact) mass is 938 g/mol. The SMILES string of the molecule is C=C(C)[C@@H]1CC[C@]2(C(=O)O[C@@H]3O[C@H](CO[C@@H]4O[C@H](CO)[C@@H](O[C@@H]5O[C@@H](C)[C@H](O)[C@@H](O)[C@H]5O)[C@H](O)[C@H]4O)[C@@H](O)[C@H](O)[C@H]3O)CC[C@]3(C)[C@H](C[C@H]4OC(=O)CC[C@]5(C)[C@@H]4[C@@]3(C)CC[C@H]5C(=C)C)[C@H]12. The summed E-state index contributed by atoms with van der Waals surface area (Å²) in [6.45, 7) is 20.0. The number of allylic oxidation sites excluding steroid dienone is 2. The van der Waals surface area contributed by atoms with Crippen LogP contribution in [0.5, 0.6) is 0 Å². The third-order valence-corrected chi connectivity index (χ3v) is 18.6. The highest BCUT2D eigenvalue weighted by atomic mass is 16.8. The summed E-state index contributed by atoms with van der Waals surface area (Å²) in [6.07, 6.45) is -18.9. The van der Waals surface area contributed by atoms with Gasteiger partial charge in [-0.15, -0.1) is 0 Å². The Morgan fingerprint density at radius 2 is 1.38 bits per heavy atom. The molecule has 0 amide bonds. The summed E-state index contributed by atoms with van der Waals surface area (Å²) in [5, 5.41) is 96.5. The maximum atomic E-state index is 15.0. The largest absolute Gasteiger partial charge is 0.462 e. The van der Waals surface area contributed by atoms with Crippen molar-refractivity contribution >= 4 is 11.9 Å². The van der Waals surface area contributed by atoms with Gasteiger partial charge in [-0.25, -0.2) is 0 Å². The minimum Gasteiger partial charge on any atom is -0.462 e. The quantitative estimate of drug-likeness (QED) is 0.108. The number of aliphatic hydroxyl groups excluding tert-OH is 9. The fourth-order valence-corrected chi connectivity index (χ4v) is 15.0. The minimum atomic E-state index is -1.87.